The maximum absolute atomic E-state index is 14.9. The van der Waals surface area contributed by atoms with Crippen molar-refractivity contribution in [3.63, 3.8) is 0 Å². The molecule has 1 aromatic heterocycles. The van der Waals surface area contributed by atoms with Gasteiger partial charge in [0, 0.05) is 26.4 Å². The zero-order chi connectivity index (χ0) is 20.7. The highest BCUT2D eigenvalue weighted by atomic mass is 35.5. The molecule has 4 heteroatoms. The number of hydrogen-bond donors (Lipinski definition) is 0. The molecule has 0 bridgehead atoms. The number of halogens is 1. The van der Waals surface area contributed by atoms with Crippen molar-refractivity contribution < 1.29 is 4.57 Å². The van der Waals surface area contributed by atoms with Crippen LogP contribution < -0.4 is 16.0 Å². The first-order chi connectivity index (χ1) is 14.6. The molecule has 146 valence electrons. The molecule has 0 aliphatic rings. The van der Waals surface area contributed by atoms with Gasteiger partial charge in [-0.1, -0.05) is 90.0 Å². The molecule has 0 aliphatic heterocycles. The second-order valence-corrected chi connectivity index (χ2v) is 10.5. The molecule has 0 radical (unpaired) electrons. The van der Waals surface area contributed by atoms with Gasteiger partial charge in [-0.25, -0.2) is 4.98 Å². The molecular formula is C26H19ClNOP. The second-order valence-electron chi connectivity index (χ2n) is 7.43. The van der Waals surface area contributed by atoms with Gasteiger partial charge in [0.1, 0.15) is 5.44 Å². The lowest BCUT2D eigenvalue weighted by Crippen LogP contribution is -2.27. The first-order valence-corrected chi connectivity index (χ1v) is 11.9. The van der Waals surface area contributed by atoms with Gasteiger partial charge in [0.25, 0.3) is 0 Å². The third-order valence-electron chi connectivity index (χ3n) is 5.43. The van der Waals surface area contributed by atoms with E-state index < -0.39 is 7.14 Å². The molecule has 30 heavy (non-hydrogen) atoms. The number of hydrogen-bond acceptors (Lipinski definition) is 2. The summed E-state index contributed by atoms with van der Waals surface area (Å²) in [7, 11) is -3.23. The Morgan fingerprint density at radius 2 is 1.33 bits per heavy atom. The Balaban J connectivity index is 1.97. The minimum absolute atomic E-state index is 0.578. The van der Waals surface area contributed by atoms with Crippen LogP contribution in [0.5, 0.6) is 0 Å². The number of pyridine rings is 1. The van der Waals surface area contributed by atoms with E-state index in [0.717, 1.165) is 37.8 Å². The molecule has 0 N–H and O–H groups in total. The van der Waals surface area contributed by atoms with Crippen molar-refractivity contribution in [3.8, 4) is 0 Å². The Morgan fingerprint density at radius 1 is 0.700 bits per heavy atom. The van der Waals surface area contributed by atoms with Gasteiger partial charge < -0.3 is 4.57 Å². The van der Waals surface area contributed by atoms with Crippen molar-refractivity contribution in [2.75, 3.05) is 0 Å². The predicted octanol–water partition coefficient (Wildman–Crippen LogP) is 5.99. The summed E-state index contributed by atoms with van der Waals surface area (Å²) in [5.74, 6) is 0. The minimum Gasteiger partial charge on any atom is -0.307 e. The zero-order valence-electron chi connectivity index (χ0n) is 16.4. The van der Waals surface area contributed by atoms with Gasteiger partial charge in [0.05, 0.1) is 5.52 Å². The standard InChI is InChI=1S/C26H19ClNOP/c1-18-12-15-25-23(16-18)22-14-13-19(27)17-24(22)26(28-25)30(29,20-8-4-2-5-9-20)21-10-6-3-7-11-21/h2-17H,1H3. The van der Waals surface area contributed by atoms with E-state index in [0.29, 0.717) is 10.5 Å². The normalized spacial score (nSPS) is 11.8. The molecule has 0 spiro atoms. The van der Waals surface area contributed by atoms with Crippen LogP contribution in [-0.2, 0) is 4.57 Å². The van der Waals surface area contributed by atoms with E-state index >= 15 is 0 Å². The molecule has 0 amide bonds. The largest absolute Gasteiger partial charge is 0.307 e. The highest BCUT2D eigenvalue weighted by molar-refractivity contribution is 7.85. The van der Waals surface area contributed by atoms with Crippen molar-refractivity contribution in [2.45, 2.75) is 6.92 Å². The van der Waals surface area contributed by atoms with Crippen molar-refractivity contribution in [1.82, 2.24) is 4.98 Å². The van der Waals surface area contributed by atoms with Gasteiger partial charge in [0.15, 0.2) is 7.14 Å². The Hall–Kier alpha value is -2.93. The van der Waals surface area contributed by atoms with E-state index in [9.17, 15) is 4.57 Å². The highest BCUT2D eigenvalue weighted by Gasteiger charge is 2.33. The van der Waals surface area contributed by atoms with Gasteiger partial charge in [-0.05, 0) is 36.6 Å². The van der Waals surface area contributed by atoms with Crippen molar-refractivity contribution in [1.29, 1.82) is 0 Å². The fourth-order valence-electron chi connectivity index (χ4n) is 3.98. The van der Waals surface area contributed by atoms with Crippen molar-refractivity contribution in [3.05, 3.63) is 108 Å². The minimum atomic E-state index is -3.23. The van der Waals surface area contributed by atoms with Gasteiger partial charge in [-0.3, -0.25) is 0 Å². The lowest BCUT2D eigenvalue weighted by Gasteiger charge is -2.21. The zero-order valence-corrected chi connectivity index (χ0v) is 18.1. The van der Waals surface area contributed by atoms with Gasteiger partial charge in [-0.15, -0.1) is 0 Å². The second kappa shape index (κ2) is 7.40. The fraction of sp³-hybridized carbons (Fsp3) is 0.0385. The van der Waals surface area contributed by atoms with E-state index in [4.69, 9.17) is 16.6 Å². The molecule has 5 rings (SSSR count). The SMILES string of the molecule is Cc1ccc2nc(P(=O)(c3ccccc3)c3ccccc3)c3cc(Cl)ccc3c2c1. The first kappa shape index (κ1) is 19.1. The molecule has 2 nitrogen and oxygen atoms in total. The topological polar surface area (TPSA) is 30.0 Å². The van der Waals surface area contributed by atoms with Crippen LogP contribution in [-0.4, -0.2) is 4.98 Å². The fourth-order valence-corrected chi connectivity index (χ4v) is 6.90. The summed E-state index contributed by atoms with van der Waals surface area (Å²) in [6, 6.07) is 31.2. The van der Waals surface area contributed by atoms with Crippen molar-refractivity contribution in [2.24, 2.45) is 0 Å². The molecular weight excluding hydrogens is 409 g/mol. The number of nitrogens with zero attached hydrogens (tertiary/aromatic N) is 1. The Labute approximate surface area is 180 Å². The number of fused-ring (bicyclic) bond motifs is 3. The van der Waals surface area contributed by atoms with Crippen molar-refractivity contribution >= 4 is 56.5 Å². The summed E-state index contributed by atoms with van der Waals surface area (Å²) in [6.45, 7) is 2.06. The van der Waals surface area contributed by atoms with E-state index in [2.05, 4.69) is 13.0 Å². The summed E-state index contributed by atoms with van der Waals surface area (Å²) in [4.78, 5) is 4.99. The van der Waals surface area contributed by atoms with Crippen LogP contribution in [0.3, 0.4) is 0 Å². The number of aromatic nitrogens is 1. The van der Waals surface area contributed by atoms with Crippen LogP contribution in [0, 0.1) is 6.92 Å². The van der Waals surface area contributed by atoms with E-state index in [1.54, 1.807) is 0 Å². The molecule has 5 aromatic rings. The van der Waals surface area contributed by atoms with Crippen LogP contribution in [0.1, 0.15) is 5.56 Å². The Bertz CT molecular complexity index is 1390. The number of rotatable bonds is 3. The molecule has 0 aliphatic carbocycles. The predicted molar refractivity (Wildman–Crippen MR) is 128 cm³/mol. The summed E-state index contributed by atoms with van der Waals surface area (Å²) in [5.41, 5.74) is 2.56. The Kier molecular flexibility index (Phi) is 4.70. The molecule has 0 saturated carbocycles. The van der Waals surface area contributed by atoms with Gasteiger partial charge >= 0.3 is 0 Å². The summed E-state index contributed by atoms with van der Waals surface area (Å²) >= 11 is 6.40. The van der Waals surface area contributed by atoms with Gasteiger partial charge in [0.2, 0.25) is 0 Å². The lowest BCUT2D eigenvalue weighted by molar-refractivity contribution is 0.592. The first-order valence-electron chi connectivity index (χ1n) is 9.79. The summed E-state index contributed by atoms with van der Waals surface area (Å²) in [5, 5.41) is 5.00. The average molecular weight is 428 g/mol. The van der Waals surface area contributed by atoms with E-state index in [-0.39, 0.29) is 0 Å². The van der Waals surface area contributed by atoms with Crippen LogP contribution in [0.15, 0.2) is 97.1 Å². The highest BCUT2D eigenvalue weighted by Crippen LogP contribution is 2.44. The van der Waals surface area contributed by atoms with Crippen LogP contribution >= 0.6 is 18.7 Å². The molecule has 1 heterocycles. The van der Waals surface area contributed by atoms with Crippen LogP contribution in [0.2, 0.25) is 5.02 Å². The third kappa shape index (κ3) is 3.04. The average Bonchev–Trinajstić information content (AvgIpc) is 2.79. The Morgan fingerprint density at radius 3 is 1.97 bits per heavy atom. The van der Waals surface area contributed by atoms with Crippen LogP contribution in [0.4, 0.5) is 0 Å². The van der Waals surface area contributed by atoms with E-state index in [1.165, 1.54) is 0 Å². The van der Waals surface area contributed by atoms with Gasteiger partial charge in [-0.2, -0.15) is 0 Å². The maximum Gasteiger partial charge on any atom is 0.189 e. The van der Waals surface area contributed by atoms with Crippen LogP contribution in [0.25, 0.3) is 21.7 Å². The number of benzene rings is 4. The smallest absolute Gasteiger partial charge is 0.189 e. The summed E-state index contributed by atoms with van der Waals surface area (Å²) < 4.78 is 14.9. The molecule has 0 atom stereocenters. The molecule has 4 aromatic carbocycles. The molecule has 0 fully saturated rings. The summed E-state index contributed by atoms with van der Waals surface area (Å²) in [6.07, 6.45) is 0. The lowest BCUT2D eigenvalue weighted by atomic mass is 10.0. The maximum atomic E-state index is 14.9. The number of aryl methyl sites for hydroxylation is 1. The quantitative estimate of drug-likeness (QED) is 0.261. The molecule has 0 unspecified atom stereocenters. The molecule has 0 saturated heterocycles. The van der Waals surface area contributed by atoms with E-state index in [1.807, 2.05) is 91.0 Å². The monoisotopic (exact) mass is 427 g/mol. The third-order valence-corrected chi connectivity index (χ3v) is 8.65.